The maximum absolute atomic E-state index is 11.9. The normalized spacial score (nSPS) is 21.0. The molecular formula is C35H48O8. The summed E-state index contributed by atoms with van der Waals surface area (Å²) in [5.41, 5.74) is 2.80. The number of aliphatic carboxylic acids is 2. The van der Waals surface area contributed by atoms with E-state index in [0.717, 1.165) is 47.9 Å². The predicted molar refractivity (Wildman–Crippen MR) is 165 cm³/mol. The van der Waals surface area contributed by atoms with Gasteiger partial charge < -0.3 is 29.2 Å². The third-order valence-corrected chi connectivity index (χ3v) is 8.76. The van der Waals surface area contributed by atoms with Crippen LogP contribution in [0.3, 0.4) is 0 Å². The number of carboxylic acids is 2. The smallest absolute Gasteiger partial charge is 0.344 e. The van der Waals surface area contributed by atoms with Crippen molar-refractivity contribution in [1.82, 2.24) is 0 Å². The number of benzene rings is 2. The number of aryl methyl sites for hydroxylation is 2. The fraction of sp³-hybridized carbons (Fsp3) is 0.600. The van der Waals surface area contributed by atoms with E-state index in [1.807, 2.05) is 52.0 Å². The van der Waals surface area contributed by atoms with E-state index >= 15 is 0 Å². The van der Waals surface area contributed by atoms with Gasteiger partial charge in [-0.05, 0) is 74.9 Å². The van der Waals surface area contributed by atoms with E-state index in [9.17, 15) is 19.8 Å². The van der Waals surface area contributed by atoms with Crippen LogP contribution in [-0.4, -0.2) is 40.1 Å². The quantitative estimate of drug-likeness (QED) is 0.255. The molecule has 2 aromatic rings. The molecule has 0 radical (unpaired) electrons. The van der Waals surface area contributed by atoms with Crippen LogP contribution in [0.1, 0.15) is 115 Å². The van der Waals surface area contributed by atoms with Crippen LogP contribution in [0.4, 0.5) is 0 Å². The van der Waals surface area contributed by atoms with E-state index in [1.54, 1.807) is 0 Å². The van der Waals surface area contributed by atoms with Gasteiger partial charge in [-0.3, -0.25) is 0 Å². The first kappa shape index (κ1) is 32.5. The molecule has 2 atom stereocenters. The van der Waals surface area contributed by atoms with Crippen LogP contribution >= 0.6 is 0 Å². The van der Waals surface area contributed by atoms with Gasteiger partial charge in [0.15, 0.2) is 12.2 Å². The van der Waals surface area contributed by atoms with E-state index in [1.165, 1.54) is 0 Å². The fourth-order valence-electron chi connectivity index (χ4n) is 6.52. The van der Waals surface area contributed by atoms with E-state index in [0.29, 0.717) is 48.7 Å². The summed E-state index contributed by atoms with van der Waals surface area (Å²) in [6.07, 6.45) is 3.61. The minimum Gasteiger partial charge on any atom is -0.479 e. The van der Waals surface area contributed by atoms with Crippen molar-refractivity contribution < 1.29 is 38.7 Å². The van der Waals surface area contributed by atoms with Crippen molar-refractivity contribution in [2.75, 3.05) is 0 Å². The van der Waals surface area contributed by atoms with Crippen LogP contribution in [0.15, 0.2) is 24.3 Å². The number of unbranched alkanes of at least 4 members (excludes halogenated alkanes) is 2. The standard InChI is InChI=1S/C35H48O8/c1-9-11-13-25(31(36)37)40-27-17-23-29(15-21(27)3)42-35(19-33(23,5)6)20-34(7,8)24-18-28(22(4)16-30(24)43-35)41-26(32(38)39)14-12-10-2/h15-18,25-26H,9-14,19-20H2,1-8H3,(H,36,37)(H,38,39). The van der Waals surface area contributed by atoms with Crippen LogP contribution in [0.5, 0.6) is 23.0 Å². The Kier molecular flexibility index (Phi) is 9.29. The maximum Gasteiger partial charge on any atom is 0.344 e. The summed E-state index contributed by atoms with van der Waals surface area (Å²) in [5.74, 6) is -0.305. The molecule has 0 aliphatic carbocycles. The molecule has 2 aliphatic heterocycles. The number of ether oxygens (including phenoxy) is 4. The second-order valence-electron chi connectivity index (χ2n) is 13.6. The SMILES string of the molecule is CCCCC(Oc1cc2c(cc1C)OC1(CC2(C)C)CC(C)(C)c2cc(OC(CCCC)C(=O)O)c(C)cc2O1)C(=O)O. The summed E-state index contributed by atoms with van der Waals surface area (Å²) in [4.78, 5) is 23.7. The summed E-state index contributed by atoms with van der Waals surface area (Å²) in [6.45, 7) is 16.5. The monoisotopic (exact) mass is 596 g/mol. The third-order valence-electron chi connectivity index (χ3n) is 8.76. The first-order chi connectivity index (χ1) is 20.1. The lowest BCUT2D eigenvalue weighted by molar-refractivity contribution is -0.166. The summed E-state index contributed by atoms with van der Waals surface area (Å²) in [7, 11) is 0. The molecule has 0 fully saturated rings. The largest absolute Gasteiger partial charge is 0.479 e. The molecule has 2 aliphatic rings. The Balaban J connectivity index is 1.66. The zero-order chi connectivity index (χ0) is 31.7. The summed E-state index contributed by atoms with van der Waals surface area (Å²) >= 11 is 0. The minimum atomic E-state index is -0.958. The third kappa shape index (κ3) is 6.89. The minimum absolute atomic E-state index is 0.360. The molecule has 8 nitrogen and oxygen atoms in total. The van der Waals surface area contributed by atoms with E-state index in [2.05, 4.69) is 27.7 Å². The van der Waals surface area contributed by atoms with Crippen LogP contribution in [0, 0.1) is 13.8 Å². The van der Waals surface area contributed by atoms with Gasteiger partial charge in [-0.1, -0.05) is 54.4 Å². The number of carbonyl (C=O) groups is 2. The van der Waals surface area contributed by atoms with E-state index in [-0.39, 0.29) is 10.8 Å². The van der Waals surface area contributed by atoms with Crippen LogP contribution in [-0.2, 0) is 20.4 Å². The molecule has 2 N–H and O–H groups in total. The zero-order valence-electron chi connectivity index (χ0n) is 27.0. The molecule has 43 heavy (non-hydrogen) atoms. The first-order valence-corrected chi connectivity index (χ1v) is 15.6. The Bertz CT molecular complexity index is 1250. The van der Waals surface area contributed by atoms with Crippen molar-refractivity contribution >= 4 is 11.9 Å². The van der Waals surface area contributed by atoms with Gasteiger partial charge in [0.1, 0.15) is 23.0 Å². The molecule has 2 unspecified atom stereocenters. The van der Waals surface area contributed by atoms with Gasteiger partial charge in [0.2, 0.25) is 0 Å². The van der Waals surface area contributed by atoms with Gasteiger partial charge in [0.25, 0.3) is 5.79 Å². The van der Waals surface area contributed by atoms with Gasteiger partial charge >= 0.3 is 11.9 Å². The number of hydrogen-bond acceptors (Lipinski definition) is 6. The van der Waals surface area contributed by atoms with Crippen molar-refractivity contribution in [2.24, 2.45) is 0 Å². The maximum atomic E-state index is 11.9. The molecule has 8 heteroatoms. The first-order valence-electron chi connectivity index (χ1n) is 15.6. The number of carboxylic acid groups (broad SMARTS) is 2. The highest BCUT2D eigenvalue weighted by atomic mass is 16.7. The summed E-state index contributed by atoms with van der Waals surface area (Å²) in [6, 6.07) is 7.74. The van der Waals surface area contributed by atoms with Crippen molar-refractivity contribution in [3.63, 3.8) is 0 Å². The molecule has 0 bridgehead atoms. The molecule has 4 rings (SSSR count). The van der Waals surface area contributed by atoms with Gasteiger partial charge in [0.05, 0.1) is 0 Å². The van der Waals surface area contributed by atoms with Gasteiger partial charge in [-0.15, -0.1) is 0 Å². The van der Waals surface area contributed by atoms with Crippen molar-refractivity contribution in [3.8, 4) is 23.0 Å². The van der Waals surface area contributed by atoms with Crippen molar-refractivity contribution in [2.45, 2.75) is 136 Å². The second-order valence-corrected chi connectivity index (χ2v) is 13.6. The Labute approximate surface area is 255 Å². The highest BCUT2D eigenvalue weighted by Gasteiger charge is 2.53. The Morgan fingerprint density at radius 1 is 0.744 bits per heavy atom. The second kappa shape index (κ2) is 12.3. The van der Waals surface area contributed by atoms with Crippen LogP contribution in [0.25, 0.3) is 0 Å². The highest BCUT2D eigenvalue weighted by Crippen LogP contribution is 2.55. The molecule has 1 spiro atoms. The number of rotatable bonds is 12. The number of fused-ring (bicyclic) bond motifs is 2. The topological polar surface area (TPSA) is 112 Å². The Hall–Kier alpha value is -3.42. The lowest BCUT2D eigenvalue weighted by Gasteiger charge is -2.51. The van der Waals surface area contributed by atoms with E-state index in [4.69, 9.17) is 18.9 Å². The number of hydrogen-bond donors (Lipinski definition) is 2. The molecular weight excluding hydrogens is 548 g/mol. The van der Waals surface area contributed by atoms with Crippen molar-refractivity contribution in [3.05, 3.63) is 46.5 Å². The molecule has 0 aromatic heterocycles. The predicted octanol–water partition coefficient (Wildman–Crippen LogP) is 7.86. The molecule has 2 heterocycles. The fourth-order valence-corrected chi connectivity index (χ4v) is 6.52. The average Bonchev–Trinajstić information content (AvgIpc) is 2.88. The highest BCUT2D eigenvalue weighted by molar-refractivity contribution is 5.73. The lowest BCUT2D eigenvalue weighted by atomic mass is 9.69. The lowest BCUT2D eigenvalue weighted by Crippen LogP contribution is -2.55. The molecule has 236 valence electrons. The zero-order valence-corrected chi connectivity index (χ0v) is 27.0. The Morgan fingerprint density at radius 2 is 1.12 bits per heavy atom. The molecule has 0 saturated carbocycles. The summed E-state index contributed by atoms with van der Waals surface area (Å²) in [5, 5.41) is 19.5. The van der Waals surface area contributed by atoms with Crippen molar-refractivity contribution in [1.29, 1.82) is 0 Å². The molecule has 0 amide bonds. The van der Waals surface area contributed by atoms with Gasteiger partial charge in [-0.2, -0.15) is 0 Å². The van der Waals surface area contributed by atoms with E-state index < -0.39 is 29.9 Å². The van der Waals surface area contributed by atoms with Crippen LogP contribution in [0.2, 0.25) is 0 Å². The van der Waals surface area contributed by atoms with Gasteiger partial charge in [0, 0.05) is 34.8 Å². The molecule has 0 saturated heterocycles. The van der Waals surface area contributed by atoms with Crippen LogP contribution < -0.4 is 18.9 Å². The molecule has 2 aromatic carbocycles. The van der Waals surface area contributed by atoms with Gasteiger partial charge in [-0.25, -0.2) is 9.59 Å². The Morgan fingerprint density at radius 3 is 1.44 bits per heavy atom. The summed E-state index contributed by atoms with van der Waals surface area (Å²) < 4.78 is 25.6. The average molecular weight is 597 g/mol.